The van der Waals surface area contributed by atoms with Gasteiger partial charge in [-0.1, -0.05) is 24.9 Å². The van der Waals surface area contributed by atoms with Gasteiger partial charge in [-0.05, 0) is 56.5 Å². The molecule has 0 saturated carbocycles. The van der Waals surface area contributed by atoms with Crippen LogP contribution in [0.15, 0.2) is 36.5 Å². The molecule has 3 aromatic rings. The Labute approximate surface area is 165 Å². The molecule has 0 unspecified atom stereocenters. The molecule has 2 N–H and O–H groups in total. The highest BCUT2D eigenvalue weighted by molar-refractivity contribution is 6.31. The van der Waals surface area contributed by atoms with Gasteiger partial charge in [-0.15, -0.1) is 0 Å². The number of fused-ring (bicyclic) bond motifs is 1. The first-order valence-electron chi connectivity index (χ1n) is 9.52. The van der Waals surface area contributed by atoms with E-state index >= 15 is 0 Å². The number of aryl methyl sites for hydroxylation is 2. The van der Waals surface area contributed by atoms with Gasteiger partial charge in [0.25, 0.3) is 0 Å². The third-order valence-electron chi connectivity index (χ3n) is 4.35. The maximum atomic E-state index is 6.05. The normalized spacial score (nSPS) is 10.9. The minimum Gasteiger partial charge on any atom is -0.384 e. The molecule has 0 atom stereocenters. The summed E-state index contributed by atoms with van der Waals surface area (Å²) in [7, 11) is 0. The summed E-state index contributed by atoms with van der Waals surface area (Å²) < 4.78 is 0. The maximum Gasteiger partial charge on any atom is 0.223 e. The fourth-order valence-electron chi connectivity index (χ4n) is 2.99. The molecule has 1 aromatic carbocycles. The number of anilines is 2. The van der Waals surface area contributed by atoms with Gasteiger partial charge >= 0.3 is 0 Å². The molecule has 6 heteroatoms. The van der Waals surface area contributed by atoms with E-state index in [1.165, 1.54) is 0 Å². The van der Waals surface area contributed by atoms with Crippen molar-refractivity contribution >= 4 is 34.1 Å². The van der Waals surface area contributed by atoms with Gasteiger partial charge < -0.3 is 10.6 Å². The van der Waals surface area contributed by atoms with Gasteiger partial charge in [-0.25, -0.2) is 9.97 Å². The lowest BCUT2D eigenvalue weighted by atomic mass is 10.1. The monoisotopic (exact) mass is 383 g/mol. The minimum absolute atomic E-state index is 0.703. The van der Waals surface area contributed by atoms with Crippen LogP contribution in [0.1, 0.15) is 37.6 Å². The number of unbranched alkanes of at least 4 members (excludes halogenated alkanes) is 1. The highest BCUT2D eigenvalue weighted by Gasteiger charge is 2.04. The van der Waals surface area contributed by atoms with Gasteiger partial charge in [0, 0.05) is 46.8 Å². The minimum atomic E-state index is 0.703. The largest absolute Gasteiger partial charge is 0.384 e. The van der Waals surface area contributed by atoms with E-state index in [0.717, 1.165) is 72.7 Å². The molecular formula is C21H26ClN5. The van der Waals surface area contributed by atoms with Gasteiger partial charge in [-0.3, -0.25) is 4.98 Å². The average molecular weight is 384 g/mol. The number of rotatable bonds is 9. The topological polar surface area (TPSA) is 62.7 Å². The highest BCUT2D eigenvalue weighted by atomic mass is 35.5. The van der Waals surface area contributed by atoms with E-state index in [1.807, 2.05) is 37.4 Å². The molecule has 2 heterocycles. The van der Waals surface area contributed by atoms with Crippen LogP contribution >= 0.6 is 11.6 Å². The van der Waals surface area contributed by atoms with Crippen LogP contribution in [0.3, 0.4) is 0 Å². The molecule has 0 bridgehead atoms. The molecule has 3 rings (SSSR count). The van der Waals surface area contributed by atoms with E-state index in [-0.39, 0.29) is 0 Å². The zero-order chi connectivity index (χ0) is 19.1. The van der Waals surface area contributed by atoms with Crippen molar-refractivity contribution in [2.24, 2.45) is 0 Å². The molecule has 142 valence electrons. The van der Waals surface area contributed by atoms with E-state index in [1.54, 1.807) is 0 Å². The average Bonchev–Trinajstić information content (AvgIpc) is 2.65. The molecule has 27 heavy (non-hydrogen) atoms. The zero-order valence-corrected chi connectivity index (χ0v) is 16.7. The van der Waals surface area contributed by atoms with Gasteiger partial charge in [-0.2, -0.15) is 0 Å². The van der Waals surface area contributed by atoms with Gasteiger partial charge in [0.2, 0.25) is 5.95 Å². The molecule has 0 saturated heterocycles. The van der Waals surface area contributed by atoms with E-state index in [9.17, 15) is 0 Å². The Morgan fingerprint density at radius 2 is 1.85 bits per heavy atom. The van der Waals surface area contributed by atoms with Crippen LogP contribution in [0.5, 0.6) is 0 Å². The van der Waals surface area contributed by atoms with Gasteiger partial charge in [0.15, 0.2) is 0 Å². The third-order valence-corrected chi connectivity index (χ3v) is 4.59. The maximum absolute atomic E-state index is 6.05. The second-order valence-electron chi connectivity index (χ2n) is 6.65. The second kappa shape index (κ2) is 9.51. The van der Waals surface area contributed by atoms with Crippen molar-refractivity contribution in [3.05, 3.63) is 52.9 Å². The Bertz CT molecular complexity index is 897. The van der Waals surface area contributed by atoms with Crippen LogP contribution in [-0.4, -0.2) is 28.0 Å². The summed E-state index contributed by atoms with van der Waals surface area (Å²) >= 11 is 6.05. The van der Waals surface area contributed by atoms with E-state index in [4.69, 9.17) is 11.6 Å². The quantitative estimate of drug-likeness (QED) is 0.494. The number of aromatic nitrogens is 3. The van der Waals surface area contributed by atoms with Crippen molar-refractivity contribution < 1.29 is 0 Å². The van der Waals surface area contributed by atoms with Crippen LogP contribution in [0.25, 0.3) is 10.9 Å². The van der Waals surface area contributed by atoms with Crippen molar-refractivity contribution in [3.63, 3.8) is 0 Å². The highest BCUT2D eigenvalue weighted by Crippen LogP contribution is 2.24. The summed E-state index contributed by atoms with van der Waals surface area (Å²) in [5.74, 6) is 0.739. The Morgan fingerprint density at radius 1 is 1.00 bits per heavy atom. The number of hydrogen-bond acceptors (Lipinski definition) is 5. The van der Waals surface area contributed by atoms with Crippen molar-refractivity contribution in [1.29, 1.82) is 0 Å². The van der Waals surface area contributed by atoms with Gasteiger partial charge in [0.05, 0.1) is 5.52 Å². The molecule has 0 aliphatic carbocycles. The number of nitrogens with one attached hydrogen (secondary N) is 2. The first-order chi connectivity index (χ1) is 13.2. The lowest BCUT2D eigenvalue weighted by Crippen LogP contribution is -2.09. The first-order valence-corrected chi connectivity index (χ1v) is 9.90. The third kappa shape index (κ3) is 5.54. The van der Waals surface area contributed by atoms with E-state index < -0.39 is 0 Å². The predicted molar refractivity (Wildman–Crippen MR) is 114 cm³/mol. The molecule has 2 aromatic heterocycles. The zero-order valence-electron chi connectivity index (χ0n) is 15.9. The second-order valence-corrected chi connectivity index (χ2v) is 7.09. The molecule has 0 radical (unpaired) electrons. The lowest BCUT2D eigenvalue weighted by Gasteiger charge is -2.10. The first kappa shape index (κ1) is 19.4. The summed E-state index contributed by atoms with van der Waals surface area (Å²) in [5.41, 5.74) is 4.07. The van der Waals surface area contributed by atoms with Crippen LogP contribution < -0.4 is 10.6 Å². The van der Waals surface area contributed by atoms with Crippen LogP contribution in [-0.2, 0) is 6.42 Å². The van der Waals surface area contributed by atoms with E-state index in [0.29, 0.717) is 5.02 Å². The molecule has 0 spiro atoms. The predicted octanol–water partition coefficient (Wildman–Crippen LogP) is 5.24. The number of nitrogens with zero attached hydrogens (tertiary/aromatic N) is 3. The Kier molecular flexibility index (Phi) is 6.82. The van der Waals surface area contributed by atoms with Crippen LogP contribution in [0.2, 0.25) is 5.02 Å². The van der Waals surface area contributed by atoms with Crippen molar-refractivity contribution in [2.45, 2.75) is 39.5 Å². The Hall–Kier alpha value is -2.40. The Morgan fingerprint density at radius 3 is 2.70 bits per heavy atom. The number of benzene rings is 1. The fourth-order valence-corrected chi connectivity index (χ4v) is 3.15. The SMILES string of the molecule is CCCCNc1nc(C)cc(CCCNc2ccnc3cc(Cl)ccc23)n1. The van der Waals surface area contributed by atoms with Crippen LogP contribution in [0, 0.1) is 6.92 Å². The summed E-state index contributed by atoms with van der Waals surface area (Å²) in [6, 6.07) is 9.86. The molecular weight excluding hydrogens is 358 g/mol. The van der Waals surface area contributed by atoms with Crippen molar-refractivity contribution in [3.8, 4) is 0 Å². The molecule has 0 fully saturated rings. The van der Waals surface area contributed by atoms with Crippen molar-refractivity contribution in [2.75, 3.05) is 23.7 Å². The molecule has 0 aliphatic rings. The standard InChI is InChI=1S/C21H26ClN5/c1-3-4-10-25-21-26-15(2)13-17(27-21)6-5-11-23-19-9-12-24-20-14-16(22)7-8-18(19)20/h7-9,12-14H,3-6,10-11H2,1-2H3,(H,23,24)(H,25,26,27). The number of hydrogen-bond donors (Lipinski definition) is 2. The van der Waals surface area contributed by atoms with Crippen molar-refractivity contribution in [1.82, 2.24) is 15.0 Å². The van der Waals surface area contributed by atoms with E-state index in [2.05, 4.69) is 38.6 Å². The summed E-state index contributed by atoms with van der Waals surface area (Å²) in [6.07, 6.45) is 5.99. The molecule has 0 aliphatic heterocycles. The summed E-state index contributed by atoms with van der Waals surface area (Å²) in [6.45, 7) is 5.98. The molecule has 5 nitrogen and oxygen atoms in total. The van der Waals surface area contributed by atoms with Crippen LogP contribution in [0.4, 0.5) is 11.6 Å². The Balaban J connectivity index is 1.56. The lowest BCUT2D eigenvalue weighted by molar-refractivity contribution is 0.807. The number of halogens is 1. The smallest absolute Gasteiger partial charge is 0.223 e. The molecule has 0 amide bonds. The summed E-state index contributed by atoms with van der Waals surface area (Å²) in [5, 5.41) is 8.61. The van der Waals surface area contributed by atoms with Gasteiger partial charge in [0.1, 0.15) is 0 Å². The summed E-state index contributed by atoms with van der Waals surface area (Å²) in [4.78, 5) is 13.5. The fraction of sp³-hybridized carbons (Fsp3) is 0.381. The number of pyridine rings is 1.